The summed E-state index contributed by atoms with van der Waals surface area (Å²) in [6, 6.07) is 1.64. The SMILES string of the molecule is CSCCC(=O)Nc1nc(C)cc(Cl)n1. The number of nitrogens with zero attached hydrogens (tertiary/aromatic N) is 2. The molecule has 6 heteroatoms. The van der Waals surface area contributed by atoms with Crippen molar-refractivity contribution in [3.63, 3.8) is 0 Å². The average molecular weight is 246 g/mol. The number of hydrogen-bond acceptors (Lipinski definition) is 4. The van der Waals surface area contributed by atoms with E-state index in [9.17, 15) is 4.79 Å². The highest BCUT2D eigenvalue weighted by Crippen LogP contribution is 2.09. The van der Waals surface area contributed by atoms with Crippen molar-refractivity contribution < 1.29 is 4.79 Å². The molecule has 1 amide bonds. The van der Waals surface area contributed by atoms with E-state index in [-0.39, 0.29) is 11.9 Å². The fourth-order valence-corrected chi connectivity index (χ4v) is 1.60. The molecule has 0 bridgehead atoms. The highest BCUT2D eigenvalue weighted by Gasteiger charge is 2.05. The van der Waals surface area contributed by atoms with Gasteiger partial charge in [-0.05, 0) is 19.2 Å². The number of hydrogen-bond donors (Lipinski definition) is 1. The molecule has 0 aliphatic heterocycles. The first-order valence-corrected chi connectivity index (χ1v) is 6.19. The first-order valence-electron chi connectivity index (χ1n) is 4.42. The lowest BCUT2D eigenvalue weighted by Crippen LogP contribution is -2.14. The zero-order valence-corrected chi connectivity index (χ0v) is 10.2. The van der Waals surface area contributed by atoms with Crippen LogP contribution in [0.25, 0.3) is 0 Å². The highest BCUT2D eigenvalue weighted by atomic mass is 35.5. The van der Waals surface area contributed by atoms with Gasteiger partial charge in [-0.2, -0.15) is 11.8 Å². The van der Waals surface area contributed by atoms with E-state index >= 15 is 0 Å². The summed E-state index contributed by atoms with van der Waals surface area (Å²) in [6.45, 7) is 1.80. The van der Waals surface area contributed by atoms with Gasteiger partial charge in [-0.15, -0.1) is 0 Å². The van der Waals surface area contributed by atoms with Crippen LogP contribution in [0.2, 0.25) is 5.15 Å². The number of carbonyl (C=O) groups is 1. The summed E-state index contributed by atoms with van der Waals surface area (Å²) >= 11 is 7.35. The second-order valence-corrected chi connectivity index (χ2v) is 4.32. The molecule has 0 aliphatic carbocycles. The molecule has 15 heavy (non-hydrogen) atoms. The van der Waals surface area contributed by atoms with Crippen molar-refractivity contribution in [2.24, 2.45) is 0 Å². The van der Waals surface area contributed by atoms with E-state index in [0.29, 0.717) is 11.6 Å². The lowest BCUT2D eigenvalue weighted by molar-refractivity contribution is -0.115. The Bertz CT molecular complexity index is 339. The summed E-state index contributed by atoms with van der Waals surface area (Å²) in [7, 11) is 0. The molecule has 1 N–H and O–H groups in total. The number of amides is 1. The van der Waals surface area contributed by atoms with E-state index in [1.54, 1.807) is 24.8 Å². The second kappa shape index (κ2) is 5.92. The van der Waals surface area contributed by atoms with Gasteiger partial charge in [0.05, 0.1) is 0 Å². The van der Waals surface area contributed by atoms with Crippen molar-refractivity contribution in [1.29, 1.82) is 0 Å². The Kier molecular flexibility index (Phi) is 4.84. The van der Waals surface area contributed by atoms with Crippen LogP contribution in [0.4, 0.5) is 5.95 Å². The number of aromatic nitrogens is 2. The molecule has 0 radical (unpaired) electrons. The van der Waals surface area contributed by atoms with Crippen LogP contribution in [0.5, 0.6) is 0 Å². The molecule has 0 unspecified atom stereocenters. The first-order chi connectivity index (χ1) is 7.11. The Morgan fingerprint density at radius 1 is 1.60 bits per heavy atom. The van der Waals surface area contributed by atoms with Gasteiger partial charge in [-0.1, -0.05) is 11.6 Å². The number of nitrogens with one attached hydrogen (secondary N) is 1. The van der Waals surface area contributed by atoms with Gasteiger partial charge in [0.2, 0.25) is 11.9 Å². The topological polar surface area (TPSA) is 54.9 Å². The van der Waals surface area contributed by atoms with Crippen molar-refractivity contribution >= 4 is 35.2 Å². The van der Waals surface area contributed by atoms with E-state index in [0.717, 1.165) is 11.4 Å². The normalized spacial score (nSPS) is 10.1. The molecular formula is C9H12ClN3OS. The second-order valence-electron chi connectivity index (χ2n) is 2.95. The predicted octanol–water partition coefficient (Wildman–Crippen LogP) is 2.13. The third-order valence-corrected chi connectivity index (χ3v) is 2.41. The molecule has 0 saturated carbocycles. The lowest BCUT2D eigenvalue weighted by Gasteiger charge is -2.03. The predicted molar refractivity (Wildman–Crippen MR) is 63.4 cm³/mol. The van der Waals surface area contributed by atoms with Gasteiger partial charge < -0.3 is 0 Å². The Morgan fingerprint density at radius 3 is 2.93 bits per heavy atom. The summed E-state index contributed by atoms with van der Waals surface area (Å²) in [4.78, 5) is 19.3. The Balaban J connectivity index is 2.60. The number of carbonyl (C=O) groups excluding carboxylic acids is 1. The number of thioether (sulfide) groups is 1. The van der Waals surface area contributed by atoms with Crippen LogP contribution in [0.3, 0.4) is 0 Å². The zero-order valence-electron chi connectivity index (χ0n) is 8.58. The maximum Gasteiger partial charge on any atom is 0.231 e. The standard InChI is InChI=1S/C9H12ClN3OS/c1-6-5-7(10)12-9(11-6)13-8(14)3-4-15-2/h5H,3-4H2,1-2H3,(H,11,12,13,14). The third kappa shape index (κ3) is 4.48. The maximum absolute atomic E-state index is 11.3. The first kappa shape index (κ1) is 12.3. The maximum atomic E-state index is 11.3. The van der Waals surface area contributed by atoms with E-state index in [2.05, 4.69) is 15.3 Å². The quantitative estimate of drug-likeness (QED) is 0.826. The summed E-state index contributed by atoms with van der Waals surface area (Å²) in [5.41, 5.74) is 0.732. The molecule has 1 rings (SSSR count). The van der Waals surface area contributed by atoms with E-state index in [1.807, 2.05) is 6.26 Å². The van der Waals surface area contributed by atoms with Crippen molar-refractivity contribution in [3.8, 4) is 0 Å². The molecule has 0 saturated heterocycles. The lowest BCUT2D eigenvalue weighted by atomic mass is 10.4. The van der Waals surface area contributed by atoms with Gasteiger partial charge in [0, 0.05) is 17.9 Å². The van der Waals surface area contributed by atoms with Crippen LogP contribution in [0.15, 0.2) is 6.07 Å². The number of halogens is 1. The molecule has 0 spiro atoms. The van der Waals surface area contributed by atoms with Gasteiger partial charge >= 0.3 is 0 Å². The third-order valence-electron chi connectivity index (χ3n) is 1.61. The van der Waals surface area contributed by atoms with Gasteiger partial charge in [-0.25, -0.2) is 9.97 Å². The highest BCUT2D eigenvalue weighted by molar-refractivity contribution is 7.98. The summed E-state index contributed by atoms with van der Waals surface area (Å²) < 4.78 is 0. The molecule has 1 aromatic rings. The fraction of sp³-hybridized carbons (Fsp3) is 0.444. The van der Waals surface area contributed by atoms with E-state index in [1.165, 1.54) is 0 Å². The van der Waals surface area contributed by atoms with E-state index in [4.69, 9.17) is 11.6 Å². The van der Waals surface area contributed by atoms with Crippen molar-refractivity contribution in [3.05, 3.63) is 16.9 Å². The van der Waals surface area contributed by atoms with Crippen molar-refractivity contribution in [1.82, 2.24) is 9.97 Å². The van der Waals surface area contributed by atoms with Crippen LogP contribution in [-0.2, 0) is 4.79 Å². The van der Waals surface area contributed by atoms with Crippen molar-refractivity contribution in [2.75, 3.05) is 17.3 Å². The summed E-state index contributed by atoms with van der Waals surface area (Å²) in [5.74, 6) is 0.961. The Hall–Kier alpha value is -0.810. The molecule has 0 aliphatic rings. The Labute approximate surface area is 97.8 Å². The summed E-state index contributed by atoms with van der Waals surface area (Å²) in [6.07, 6.45) is 2.41. The molecule has 82 valence electrons. The zero-order chi connectivity index (χ0) is 11.3. The molecule has 0 aromatic carbocycles. The van der Waals surface area contributed by atoms with Crippen LogP contribution < -0.4 is 5.32 Å². The largest absolute Gasteiger partial charge is 0.294 e. The van der Waals surface area contributed by atoms with Gasteiger partial charge in [0.1, 0.15) is 5.15 Å². The van der Waals surface area contributed by atoms with Gasteiger partial charge in [0.15, 0.2) is 0 Å². The smallest absolute Gasteiger partial charge is 0.231 e. The molecule has 1 heterocycles. The number of aryl methyl sites for hydroxylation is 1. The molecule has 1 aromatic heterocycles. The summed E-state index contributed by atoms with van der Waals surface area (Å²) in [5, 5.41) is 2.94. The average Bonchev–Trinajstić information content (AvgIpc) is 2.13. The van der Waals surface area contributed by atoms with Gasteiger partial charge in [0.25, 0.3) is 0 Å². The Morgan fingerprint density at radius 2 is 2.33 bits per heavy atom. The van der Waals surface area contributed by atoms with Crippen molar-refractivity contribution in [2.45, 2.75) is 13.3 Å². The molecule has 0 fully saturated rings. The van der Waals surface area contributed by atoms with E-state index < -0.39 is 0 Å². The minimum absolute atomic E-state index is 0.0917. The molecular weight excluding hydrogens is 234 g/mol. The van der Waals surface area contributed by atoms with Crippen LogP contribution in [0, 0.1) is 6.92 Å². The van der Waals surface area contributed by atoms with Crippen LogP contribution in [0.1, 0.15) is 12.1 Å². The molecule has 0 atom stereocenters. The number of anilines is 1. The minimum Gasteiger partial charge on any atom is -0.294 e. The van der Waals surface area contributed by atoms with Crippen LogP contribution in [-0.4, -0.2) is 27.9 Å². The minimum atomic E-state index is -0.0917. The monoisotopic (exact) mass is 245 g/mol. The van der Waals surface area contributed by atoms with Gasteiger partial charge in [-0.3, -0.25) is 10.1 Å². The van der Waals surface area contributed by atoms with Crippen LogP contribution >= 0.6 is 23.4 Å². The number of rotatable bonds is 4. The molecule has 4 nitrogen and oxygen atoms in total. The fourth-order valence-electron chi connectivity index (χ4n) is 0.968.